The maximum absolute atomic E-state index is 12.4. The van der Waals surface area contributed by atoms with Crippen molar-refractivity contribution in [2.24, 2.45) is 7.05 Å². The molecule has 2 aromatic rings. The molecule has 0 bridgehead atoms. The third-order valence-corrected chi connectivity index (χ3v) is 4.60. The van der Waals surface area contributed by atoms with E-state index in [1.54, 1.807) is 17.9 Å². The van der Waals surface area contributed by atoms with Crippen LogP contribution in [-0.2, 0) is 7.05 Å². The van der Waals surface area contributed by atoms with Crippen LogP contribution in [0.15, 0.2) is 18.3 Å². The van der Waals surface area contributed by atoms with Crippen molar-refractivity contribution < 1.29 is 9.53 Å². The Bertz CT molecular complexity index is 765. The number of aryl methyl sites for hydroxylation is 2. The van der Waals surface area contributed by atoms with Gasteiger partial charge in [-0.25, -0.2) is 4.68 Å². The SMILES string of the molecule is Cc1ncccc1OC1CCC(NC(=O)c2nc(N(C)C)n(C)n2)CC1. The Balaban J connectivity index is 1.51. The molecule has 1 amide bonds. The average Bonchev–Trinajstić information content (AvgIpc) is 3.01. The van der Waals surface area contributed by atoms with Gasteiger partial charge in [-0.1, -0.05) is 0 Å². The number of nitrogens with one attached hydrogen (secondary N) is 1. The normalized spacial score (nSPS) is 19.8. The number of aromatic nitrogens is 4. The molecule has 0 spiro atoms. The molecule has 3 rings (SSSR count). The lowest BCUT2D eigenvalue weighted by Gasteiger charge is -2.29. The summed E-state index contributed by atoms with van der Waals surface area (Å²) in [6.07, 6.45) is 5.49. The first-order valence-electron chi connectivity index (χ1n) is 8.91. The molecule has 1 aliphatic rings. The van der Waals surface area contributed by atoms with E-state index in [2.05, 4.69) is 20.4 Å². The molecule has 0 radical (unpaired) electrons. The molecule has 1 aliphatic carbocycles. The quantitative estimate of drug-likeness (QED) is 0.876. The molecule has 0 aliphatic heterocycles. The summed E-state index contributed by atoms with van der Waals surface area (Å²) in [4.78, 5) is 22.8. The molecule has 140 valence electrons. The molecule has 1 fully saturated rings. The van der Waals surface area contributed by atoms with Gasteiger partial charge in [0, 0.05) is 33.4 Å². The Hall–Kier alpha value is -2.64. The number of anilines is 1. The van der Waals surface area contributed by atoms with Crippen molar-refractivity contribution >= 4 is 11.9 Å². The van der Waals surface area contributed by atoms with Crippen LogP contribution in [0.2, 0.25) is 0 Å². The highest BCUT2D eigenvalue weighted by molar-refractivity contribution is 5.90. The third-order valence-electron chi connectivity index (χ3n) is 4.60. The lowest BCUT2D eigenvalue weighted by atomic mass is 9.93. The van der Waals surface area contributed by atoms with Crippen molar-refractivity contribution in [1.82, 2.24) is 25.1 Å². The minimum absolute atomic E-state index is 0.129. The highest BCUT2D eigenvalue weighted by atomic mass is 16.5. The van der Waals surface area contributed by atoms with Crippen molar-refractivity contribution in [3.05, 3.63) is 29.8 Å². The summed E-state index contributed by atoms with van der Waals surface area (Å²) in [5.41, 5.74) is 0.904. The molecular formula is C18H26N6O2. The number of rotatable bonds is 5. The molecule has 2 aromatic heterocycles. The smallest absolute Gasteiger partial charge is 0.291 e. The molecule has 8 heteroatoms. The first-order valence-corrected chi connectivity index (χ1v) is 8.91. The van der Waals surface area contributed by atoms with E-state index in [4.69, 9.17) is 4.74 Å². The van der Waals surface area contributed by atoms with Crippen molar-refractivity contribution in [1.29, 1.82) is 0 Å². The predicted molar refractivity (Wildman–Crippen MR) is 98.4 cm³/mol. The first kappa shape index (κ1) is 18.2. The van der Waals surface area contributed by atoms with Crippen molar-refractivity contribution in [3.63, 3.8) is 0 Å². The Kier molecular flexibility index (Phi) is 5.39. The summed E-state index contributed by atoms with van der Waals surface area (Å²) < 4.78 is 7.67. The summed E-state index contributed by atoms with van der Waals surface area (Å²) in [6, 6.07) is 3.96. The van der Waals surface area contributed by atoms with E-state index in [1.807, 2.05) is 38.1 Å². The van der Waals surface area contributed by atoms with Crippen LogP contribution in [-0.4, -0.2) is 51.9 Å². The van der Waals surface area contributed by atoms with Crippen molar-refractivity contribution in [3.8, 4) is 5.75 Å². The van der Waals surface area contributed by atoms with Crippen LogP contribution >= 0.6 is 0 Å². The Morgan fingerprint density at radius 1 is 1.31 bits per heavy atom. The lowest BCUT2D eigenvalue weighted by Crippen LogP contribution is -2.40. The number of pyridine rings is 1. The van der Waals surface area contributed by atoms with Gasteiger partial charge in [0.1, 0.15) is 5.75 Å². The van der Waals surface area contributed by atoms with Crippen molar-refractivity contribution in [2.75, 3.05) is 19.0 Å². The molecule has 26 heavy (non-hydrogen) atoms. The number of carbonyl (C=O) groups is 1. The van der Waals surface area contributed by atoms with Gasteiger partial charge in [-0.05, 0) is 44.7 Å². The van der Waals surface area contributed by atoms with E-state index in [1.165, 1.54) is 0 Å². The molecule has 2 heterocycles. The van der Waals surface area contributed by atoms with E-state index in [0.29, 0.717) is 5.95 Å². The molecule has 1 N–H and O–H groups in total. The van der Waals surface area contributed by atoms with Crippen LogP contribution in [0.3, 0.4) is 0 Å². The number of amides is 1. The summed E-state index contributed by atoms with van der Waals surface area (Å²) in [5, 5.41) is 7.24. The lowest BCUT2D eigenvalue weighted by molar-refractivity contribution is 0.0883. The topological polar surface area (TPSA) is 85.2 Å². The first-order chi connectivity index (χ1) is 12.4. The second-order valence-corrected chi connectivity index (χ2v) is 6.91. The molecule has 1 saturated carbocycles. The van der Waals surface area contributed by atoms with Gasteiger partial charge in [0.2, 0.25) is 11.8 Å². The van der Waals surface area contributed by atoms with Gasteiger partial charge in [-0.15, -0.1) is 5.10 Å². The highest BCUT2D eigenvalue weighted by Crippen LogP contribution is 2.25. The van der Waals surface area contributed by atoms with Crippen LogP contribution in [0.4, 0.5) is 5.95 Å². The average molecular weight is 358 g/mol. The van der Waals surface area contributed by atoms with Gasteiger partial charge < -0.3 is 15.0 Å². The summed E-state index contributed by atoms with van der Waals surface area (Å²) in [7, 11) is 5.52. The fourth-order valence-corrected chi connectivity index (χ4v) is 3.21. The minimum atomic E-state index is -0.221. The molecule has 0 aromatic carbocycles. The fraction of sp³-hybridized carbons (Fsp3) is 0.556. The number of ether oxygens (including phenoxy) is 1. The van der Waals surface area contributed by atoms with E-state index in [9.17, 15) is 4.79 Å². The van der Waals surface area contributed by atoms with Gasteiger partial charge in [-0.2, -0.15) is 4.98 Å². The number of hydrogen-bond acceptors (Lipinski definition) is 6. The number of nitrogens with zero attached hydrogens (tertiary/aromatic N) is 5. The van der Waals surface area contributed by atoms with E-state index in [0.717, 1.165) is 37.1 Å². The van der Waals surface area contributed by atoms with Crippen LogP contribution in [0.1, 0.15) is 42.0 Å². The monoisotopic (exact) mass is 358 g/mol. The zero-order chi connectivity index (χ0) is 18.7. The van der Waals surface area contributed by atoms with Gasteiger partial charge in [0.25, 0.3) is 5.91 Å². The molecular weight excluding hydrogens is 332 g/mol. The maximum Gasteiger partial charge on any atom is 0.291 e. The number of hydrogen-bond donors (Lipinski definition) is 1. The van der Waals surface area contributed by atoms with Crippen LogP contribution < -0.4 is 15.0 Å². The van der Waals surface area contributed by atoms with Crippen LogP contribution in [0.5, 0.6) is 5.75 Å². The molecule has 0 saturated heterocycles. The Morgan fingerprint density at radius 2 is 2.04 bits per heavy atom. The summed E-state index contributed by atoms with van der Waals surface area (Å²) in [5.74, 6) is 1.48. The molecule has 0 unspecified atom stereocenters. The zero-order valence-corrected chi connectivity index (χ0v) is 15.8. The van der Waals surface area contributed by atoms with Crippen LogP contribution in [0, 0.1) is 6.92 Å². The van der Waals surface area contributed by atoms with Gasteiger partial charge in [0.05, 0.1) is 11.8 Å². The largest absolute Gasteiger partial charge is 0.489 e. The summed E-state index contributed by atoms with van der Waals surface area (Å²) in [6.45, 7) is 1.95. The zero-order valence-electron chi connectivity index (χ0n) is 15.8. The minimum Gasteiger partial charge on any atom is -0.489 e. The molecule has 8 nitrogen and oxygen atoms in total. The molecule has 0 atom stereocenters. The Morgan fingerprint density at radius 3 is 2.65 bits per heavy atom. The predicted octanol–water partition coefficient (Wildman–Crippen LogP) is 1.70. The van der Waals surface area contributed by atoms with Crippen LogP contribution in [0.25, 0.3) is 0 Å². The second-order valence-electron chi connectivity index (χ2n) is 6.91. The van der Waals surface area contributed by atoms with E-state index in [-0.39, 0.29) is 23.9 Å². The standard InChI is InChI=1S/C18H26N6O2/c1-12-15(6-5-11-19-12)26-14-9-7-13(8-10-14)20-17(25)16-21-18(23(2)3)24(4)22-16/h5-6,11,13-14H,7-10H2,1-4H3,(H,20,25). The fourth-order valence-electron chi connectivity index (χ4n) is 3.21. The van der Waals surface area contributed by atoms with E-state index < -0.39 is 0 Å². The van der Waals surface area contributed by atoms with Gasteiger partial charge in [0.15, 0.2) is 0 Å². The maximum atomic E-state index is 12.4. The second kappa shape index (κ2) is 7.72. The van der Waals surface area contributed by atoms with Crippen molar-refractivity contribution in [2.45, 2.75) is 44.8 Å². The summed E-state index contributed by atoms with van der Waals surface area (Å²) >= 11 is 0. The van der Waals surface area contributed by atoms with Gasteiger partial charge >= 0.3 is 0 Å². The third kappa shape index (κ3) is 4.12. The van der Waals surface area contributed by atoms with E-state index >= 15 is 0 Å². The highest BCUT2D eigenvalue weighted by Gasteiger charge is 2.26. The number of carbonyl (C=O) groups excluding carboxylic acids is 1. The Labute approximate surface area is 153 Å². The van der Waals surface area contributed by atoms with Gasteiger partial charge in [-0.3, -0.25) is 9.78 Å².